The van der Waals surface area contributed by atoms with Crippen molar-refractivity contribution in [2.75, 3.05) is 5.73 Å². The van der Waals surface area contributed by atoms with E-state index < -0.39 is 17.6 Å². The second kappa shape index (κ2) is 7.83. The molecule has 34 heavy (non-hydrogen) atoms. The zero-order chi connectivity index (χ0) is 24.3. The van der Waals surface area contributed by atoms with Crippen LogP contribution in [0.3, 0.4) is 0 Å². The van der Waals surface area contributed by atoms with E-state index in [2.05, 4.69) is 4.98 Å². The highest BCUT2D eigenvalue weighted by molar-refractivity contribution is 6.20. The molecule has 1 aromatic heterocycles. The second-order valence-electron chi connectivity index (χ2n) is 9.18. The number of benzene rings is 1. The predicted molar refractivity (Wildman–Crippen MR) is 125 cm³/mol. The standard InChI is InChI=1S/C26H25N3O5/c1-2-13-19-11(7-12-9-18(30)22(26(28)34)25(33)20(12)13)8-15-14(17-5-3-4-6-29-17)10-16(27)23(31)21(15)24(19)32/h3-6,10-12,20,31,33H,2,7-9,27H2,1H3,(H2,28,34). The van der Waals surface area contributed by atoms with Crippen molar-refractivity contribution in [1.29, 1.82) is 0 Å². The zero-order valence-corrected chi connectivity index (χ0v) is 18.7. The van der Waals surface area contributed by atoms with Crippen molar-refractivity contribution < 1.29 is 24.6 Å². The van der Waals surface area contributed by atoms with E-state index in [0.717, 1.165) is 0 Å². The summed E-state index contributed by atoms with van der Waals surface area (Å²) in [7, 11) is 0. The number of hydrogen-bond acceptors (Lipinski definition) is 7. The highest BCUT2D eigenvalue weighted by Crippen LogP contribution is 2.53. The van der Waals surface area contributed by atoms with Gasteiger partial charge in [0, 0.05) is 29.7 Å². The number of carbonyl (C=O) groups is 3. The Morgan fingerprint density at radius 1 is 1.21 bits per heavy atom. The van der Waals surface area contributed by atoms with Crippen molar-refractivity contribution in [2.24, 2.45) is 23.5 Å². The highest BCUT2D eigenvalue weighted by atomic mass is 16.3. The van der Waals surface area contributed by atoms with Crippen molar-refractivity contribution >= 4 is 23.2 Å². The molecule has 0 aliphatic heterocycles. The van der Waals surface area contributed by atoms with Gasteiger partial charge in [0.05, 0.1) is 16.9 Å². The van der Waals surface area contributed by atoms with Gasteiger partial charge in [0.1, 0.15) is 17.1 Å². The Hall–Kier alpha value is -3.94. The number of ketones is 2. The third-order valence-corrected chi connectivity index (χ3v) is 7.39. The van der Waals surface area contributed by atoms with E-state index in [0.29, 0.717) is 47.2 Å². The largest absolute Gasteiger partial charge is 0.511 e. The van der Waals surface area contributed by atoms with Crippen LogP contribution in [0.25, 0.3) is 11.3 Å². The number of nitrogens with two attached hydrogens (primary N) is 2. The number of phenolic OH excluding ortho intramolecular Hbond substituents is 1. The number of anilines is 1. The van der Waals surface area contributed by atoms with Crippen molar-refractivity contribution in [1.82, 2.24) is 4.98 Å². The number of carbonyl (C=O) groups excluding carboxylic acids is 3. The number of hydrogen-bond donors (Lipinski definition) is 4. The van der Waals surface area contributed by atoms with Crippen LogP contribution >= 0.6 is 0 Å². The maximum absolute atomic E-state index is 13.9. The van der Waals surface area contributed by atoms with Gasteiger partial charge in [0.25, 0.3) is 5.91 Å². The number of amides is 1. The summed E-state index contributed by atoms with van der Waals surface area (Å²) in [6.45, 7) is 1.87. The van der Waals surface area contributed by atoms with Gasteiger partial charge in [-0.2, -0.15) is 0 Å². The number of aromatic nitrogens is 1. The number of nitrogen functional groups attached to an aromatic ring is 1. The number of pyridine rings is 1. The molecule has 1 amide bonds. The molecule has 0 fully saturated rings. The molecule has 3 aliphatic rings. The molecule has 3 atom stereocenters. The molecular formula is C26H25N3O5. The number of aliphatic hydroxyl groups is 1. The topological polar surface area (TPSA) is 157 Å². The quantitative estimate of drug-likeness (QED) is 0.312. The molecular weight excluding hydrogens is 434 g/mol. The van der Waals surface area contributed by atoms with Gasteiger partial charge in [0.2, 0.25) is 0 Å². The average molecular weight is 460 g/mol. The maximum Gasteiger partial charge on any atom is 0.255 e. The van der Waals surface area contributed by atoms with Gasteiger partial charge >= 0.3 is 0 Å². The van der Waals surface area contributed by atoms with Crippen LogP contribution in [0.1, 0.15) is 42.1 Å². The Morgan fingerprint density at radius 2 is 1.97 bits per heavy atom. The first-order chi connectivity index (χ1) is 16.2. The van der Waals surface area contributed by atoms with E-state index in [9.17, 15) is 24.6 Å². The number of aromatic hydroxyl groups is 1. The Kier molecular flexibility index (Phi) is 5.04. The lowest BCUT2D eigenvalue weighted by molar-refractivity contribution is -0.123. The van der Waals surface area contributed by atoms with Crippen LogP contribution < -0.4 is 11.5 Å². The Labute approximate surface area is 196 Å². The molecule has 2 aromatic rings. The lowest BCUT2D eigenvalue weighted by Crippen LogP contribution is -2.41. The SMILES string of the molecule is CCC1=C2C(=O)c3c(O)c(N)cc(-c4ccccn4)c3CC2CC2CC(=O)C(C(N)=O)=C(O)C12. The molecule has 0 spiro atoms. The summed E-state index contributed by atoms with van der Waals surface area (Å²) >= 11 is 0. The molecule has 5 rings (SSSR count). The van der Waals surface area contributed by atoms with Gasteiger partial charge in [0.15, 0.2) is 11.6 Å². The van der Waals surface area contributed by atoms with Crippen LogP contribution in [0.5, 0.6) is 5.75 Å². The number of aliphatic hydroxyl groups excluding tert-OH is 1. The Morgan fingerprint density at radius 3 is 2.62 bits per heavy atom. The molecule has 3 unspecified atom stereocenters. The van der Waals surface area contributed by atoms with Gasteiger partial charge in [-0.05, 0) is 54.9 Å². The van der Waals surface area contributed by atoms with Crippen molar-refractivity contribution in [3.8, 4) is 17.0 Å². The summed E-state index contributed by atoms with van der Waals surface area (Å²) in [6, 6.07) is 7.10. The van der Waals surface area contributed by atoms with Gasteiger partial charge < -0.3 is 21.7 Å². The van der Waals surface area contributed by atoms with Crippen LogP contribution in [0.4, 0.5) is 5.69 Å². The second-order valence-corrected chi connectivity index (χ2v) is 9.18. The molecule has 0 saturated heterocycles. The lowest BCUT2D eigenvalue weighted by atomic mass is 9.60. The van der Waals surface area contributed by atoms with E-state index in [1.165, 1.54) is 0 Å². The number of allylic oxidation sites excluding steroid dienone is 2. The van der Waals surface area contributed by atoms with Crippen LogP contribution in [0, 0.1) is 17.8 Å². The number of rotatable bonds is 3. The lowest BCUT2D eigenvalue weighted by Gasteiger charge is -2.43. The molecule has 8 heteroatoms. The van der Waals surface area contributed by atoms with Crippen molar-refractivity contribution in [2.45, 2.75) is 32.6 Å². The summed E-state index contributed by atoms with van der Waals surface area (Å²) in [6.07, 6.45) is 3.13. The van der Waals surface area contributed by atoms with Crippen LogP contribution in [-0.4, -0.2) is 32.7 Å². The summed E-state index contributed by atoms with van der Waals surface area (Å²) in [5, 5.41) is 21.7. The zero-order valence-electron chi connectivity index (χ0n) is 18.7. The molecule has 1 heterocycles. The van der Waals surface area contributed by atoms with E-state index in [1.807, 2.05) is 19.1 Å². The summed E-state index contributed by atoms with van der Waals surface area (Å²) in [4.78, 5) is 42.7. The van der Waals surface area contributed by atoms with Crippen LogP contribution in [0.15, 0.2) is 52.9 Å². The fourth-order valence-electron chi connectivity index (χ4n) is 6.07. The first-order valence-electron chi connectivity index (χ1n) is 11.3. The summed E-state index contributed by atoms with van der Waals surface area (Å²) < 4.78 is 0. The van der Waals surface area contributed by atoms with Gasteiger partial charge in [-0.3, -0.25) is 19.4 Å². The molecule has 0 bridgehead atoms. The fourth-order valence-corrected chi connectivity index (χ4v) is 6.07. The molecule has 3 aliphatic carbocycles. The number of phenols is 1. The monoisotopic (exact) mass is 459 g/mol. The van der Waals surface area contributed by atoms with Gasteiger partial charge in [-0.25, -0.2) is 0 Å². The number of primary amides is 1. The van der Waals surface area contributed by atoms with E-state index in [1.54, 1.807) is 18.3 Å². The van der Waals surface area contributed by atoms with E-state index in [-0.39, 0.29) is 52.4 Å². The minimum atomic E-state index is -0.964. The molecule has 0 saturated carbocycles. The average Bonchev–Trinajstić information content (AvgIpc) is 2.80. The minimum absolute atomic E-state index is 0.0839. The van der Waals surface area contributed by atoms with E-state index >= 15 is 0 Å². The first-order valence-corrected chi connectivity index (χ1v) is 11.3. The maximum atomic E-state index is 13.9. The predicted octanol–water partition coefficient (Wildman–Crippen LogP) is 3.00. The molecule has 1 aromatic carbocycles. The Balaban J connectivity index is 1.73. The normalized spacial score (nSPS) is 24.0. The smallest absolute Gasteiger partial charge is 0.255 e. The minimum Gasteiger partial charge on any atom is -0.511 e. The molecule has 174 valence electrons. The molecule has 0 radical (unpaired) electrons. The van der Waals surface area contributed by atoms with Gasteiger partial charge in [-0.1, -0.05) is 18.6 Å². The number of nitrogens with zero attached hydrogens (tertiary/aromatic N) is 1. The van der Waals surface area contributed by atoms with E-state index in [4.69, 9.17) is 11.5 Å². The van der Waals surface area contributed by atoms with Crippen LogP contribution in [-0.2, 0) is 16.0 Å². The van der Waals surface area contributed by atoms with Crippen molar-refractivity contribution in [3.05, 3.63) is 64.1 Å². The van der Waals surface area contributed by atoms with Gasteiger partial charge in [-0.15, -0.1) is 0 Å². The Bertz CT molecular complexity index is 1330. The third-order valence-electron chi connectivity index (χ3n) is 7.39. The number of Topliss-reactive ketones (excluding diaryl/α,β-unsaturated/α-hetero) is 2. The third kappa shape index (κ3) is 3.05. The number of fused-ring (bicyclic) bond motifs is 3. The van der Waals surface area contributed by atoms with Crippen molar-refractivity contribution in [3.63, 3.8) is 0 Å². The summed E-state index contributed by atoms with van der Waals surface area (Å²) in [5.74, 6) is -3.44. The molecule has 8 nitrogen and oxygen atoms in total. The highest BCUT2D eigenvalue weighted by Gasteiger charge is 2.48. The molecule has 6 N–H and O–H groups in total. The van der Waals surface area contributed by atoms with Crippen LogP contribution in [0.2, 0.25) is 0 Å². The summed E-state index contributed by atoms with van der Waals surface area (Å²) in [5.41, 5.74) is 14.6. The first kappa shape index (κ1) is 21.9. The fraction of sp³-hybridized carbons (Fsp3) is 0.308.